The highest BCUT2D eigenvalue weighted by Gasteiger charge is 2.34. The van der Waals surface area contributed by atoms with Crippen LogP contribution in [0.3, 0.4) is 0 Å². The van der Waals surface area contributed by atoms with Gasteiger partial charge in [-0.05, 0) is 18.2 Å². The van der Waals surface area contributed by atoms with Gasteiger partial charge in [-0.1, -0.05) is 15.9 Å². The van der Waals surface area contributed by atoms with E-state index >= 15 is 0 Å². The first kappa shape index (κ1) is 15.3. The number of anilines is 1. The van der Waals surface area contributed by atoms with Crippen LogP contribution in [0, 0.1) is 5.92 Å². The average molecular weight is 363 g/mol. The molecule has 2 N–H and O–H groups in total. The lowest BCUT2D eigenvalue weighted by Crippen LogP contribution is -2.27. The minimum atomic E-state index is -3.58. The van der Waals surface area contributed by atoms with Gasteiger partial charge in [0.1, 0.15) is 5.75 Å². The molecule has 0 spiro atoms. The molecular formula is C12H15BrN2O4S. The summed E-state index contributed by atoms with van der Waals surface area (Å²) in [4.78, 5) is 13.6. The molecule has 1 atom stereocenters. The summed E-state index contributed by atoms with van der Waals surface area (Å²) in [6.45, 7) is 0.327. The highest BCUT2D eigenvalue weighted by Crippen LogP contribution is 2.35. The molecule has 6 nitrogen and oxygen atoms in total. The summed E-state index contributed by atoms with van der Waals surface area (Å²) in [5, 5.41) is 5.03. The van der Waals surface area contributed by atoms with Gasteiger partial charge in [-0.15, -0.1) is 0 Å². The number of halogens is 1. The van der Waals surface area contributed by atoms with Crippen LogP contribution in [0.5, 0.6) is 5.75 Å². The third-order valence-corrected chi connectivity index (χ3v) is 4.53. The number of hydrogen-bond donors (Lipinski definition) is 1. The van der Waals surface area contributed by atoms with Gasteiger partial charge >= 0.3 is 0 Å². The van der Waals surface area contributed by atoms with Crippen molar-refractivity contribution in [2.75, 3.05) is 24.3 Å². The molecule has 1 aliphatic heterocycles. The van der Waals surface area contributed by atoms with Crippen LogP contribution < -0.4 is 14.8 Å². The van der Waals surface area contributed by atoms with Crippen LogP contribution in [-0.4, -0.2) is 33.7 Å². The maximum absolute atomic E-state index is 12.0. The molecule has 0 aliphatic carbocycles. The lowest BCUT2D eigenvalue weighted by Gasteiger charge is -2.19. The third kappa shape index (κ3) is 3.50. The second-order valence-electron chi connectivity index (χ2n) is 4.72. The number of nitrogens with zero attached hydrogens (tertiary/aromatic N) is 1. The molecule has 1 aromatic rings. The molecule has 1 fully saturated rings. The quantitative estimate of drug-likeness (QED) is 0.868. The van der Waals surface area contributed by atoms with E-state index in [1.54, 1.807) is 23.1 Å². The molecule has 1 heterocycles. The number of sulfonamides is 1. The Morgan fingerprint density at radius 1 is 1.50 bits per heavy atom. The molecule has 1 aliphatic rings. The summed E-state index contributed by atoms with van der Waals surface area (Å²) in [5.74, 6) is -0.0391. The number of carbonyl (C=O) groups excluding carboxylic acids is 1. The highest BCUT2D eigenvalue weighted by molar-refractivity contribution is 9.10. The van der Waals surface area contributed by atoms with E-state index < -0.39 is 10.0 Å². The van der Waals surface area contributed by atoms with Gasteiger partial charge in [-0.25, -0.2) is 13.6 Å². The molecule has 1 saturated heterocycles. The Hall–Kier alpha value is -1.12. The van der Waals surface area contributed by atoms with Gasteiger partial charge in [0.25, 0.3) is 0 Å². The minimum Gasteiger partial charge on any atom is -0.495 e. The molecule has 110 valence electrons. The van der Waals surface area contributed by atoms with E-state index in [0.717, 1.165) is 4.47 Å². The summed E-state index contributed by atoms with van der Waals surface area (Å²) < 4.78 is 28.3. The van der Waals surface area contributed by atoms with Gasteiger partial charge in [0, 0.05) is 23.4 Å². The zero-order chi connectivity index (χ0) is 14.9. The summed E-state index contributed by atoms with van der Waals surface area (Å²) >= 11 is 3.33. The van der Waals surface area contributed by atoms with E-state index in [4.69, 9.17) is 9.88 Å². The number of hydrogen-bond acceptors (Lipinski definition) is 4. The van der Waals surface area contributed by atoms with E-state index in [-0.39, 0.29) is 24.0 Å². The first-order valence-corrected chi connectivity index (χ1v) is 8.45. The number of primary sulfonamides is 1. The smallest absolute Gasteiger partial charge is 0.227 e. The summed E-state index contributed by atoms with van der Waals surface area (Å²) in [6, 6.07) is 5.33. The molecule has 2 rings (SSSR count). The van der Waals surface area contributed by atoms with E-state index in [1.807, 2.05) is 0 Å². The van der Waals surface area contributed by atoms with E-state index in [9.17, 15) is 13.2 Å². The molecular weight excluding hydrogens is 348 g/mol. The van der Waals surface area contributed by atoms with Gasteiger partial charge in [0.05, 0.1) is 18.6 Å². The summed E-state index contributed by atoms with van der Waals surface area (Å²) in [6.07, 6.45) is 0.176. The van der Waals surface area contributed by atoms with Gasteiger partial charge < -0.3 is 9.64 Å². The van der Waals surface area contributed by atoms with Crippen LogP contribution in [0.1, 0.15) is 6.42 Å². The van der Waals surface area contributed by atoms with Crippen molar-refractivity contribution in [1.29, 1.82) is 0 Å². The van der Waals surface area contributed by atoms with Crippen molar-refractivity contribution in [3.8, 4) is 5.75 Å². The van der Waals surface area contributed by atoms with Crippen molar-refractivity contribution in [3.63, 3.8) is 0 Å². The Bertz CT molecular complexity index is 632. The first-order valence-electron chi connectivity index (χ1n) is 5.94. The molecule has 1 unspecified atom stereocenters. The van der Waals surface area contributed by atoms with Crippen molar-refractivity contribution >= 4 is 37.5 Å². The van der Waals surface area contributed by atoms with Crippen LogP contribution in [0.25, 0.3) is 0 Å². The molecule has 20 heavy (non-hydrogen) atoms. The fraction of sp³-hybridized carbons (Fsp3) is 0.417. The minimum absolute atomic E-state index is 0.126. The van der Waals surface area contributed by atoms with Crippen LogP contribution in [0.2, 0.25) is 0 Å². The molecule has 0 radical (unpaired) electrons. The largest absolute Gasteiger partial charge is 0.495 e. The monoisotopic (exact) mass is 362 g/mol. The maximum atomic E-state index is 12.0. The molecule has 1 aromatic carbocycles. The van der Waals surface area contributed by atoms with Crippen molar-refractivity contribution in [2.24, 2.45) is 11.1 Å². The average Bonchev–Trinajstić information content (AvgIpc) is 2.67. The van der Waals surface area contributed by atoms with E-state index in [2.05, 4.69) is 15.9 Å². The number of methoxy groups -OCH3 is 1. The Morgan fingerprint density at radius 3 is 2.80 bits per heavy atom. The van der Waals surface area contributed by atoms with E-state index in [0.29, 0.717) is 18.0 Å². The van der Waals surface area contributed by atoms with Crippen molar-refractivity contribution < 1.29 is 17.9 Å². The Kier molecular flexibility index (Phi) is 4.36. The lowest BCUT2D eigenvalue weighted by molar-refractivity contribution is -0.117. The topological polar surface area (TPSA) is 89.7 Å². The summed E-state index contributed by atoms with van der Waals surface area (Å²) in [7, 11) is -2.06. The van der Waals surface area contributed by atoms with Crippen LogP contribution >= 0.6 is 15.9 Å². The summed E-state index contributed by atoms with van der Waals surface area (Å²) in [5.41, 5.74) is 0.637. The molecule has 0 aromatic heterocycles. The SMILES string of the molecule is COc1cc(Br)ccc1N1CC(CS(N)(=O)=O)CC1=O. The number of benzene rings is 1. The lowest BCUT2D eigenvalue weighted by atomic mass is 10.1. The number of amides is 1. The first-order chi connectivity index (χ1) is 9.30. The van der Waals surface area contributed by atoms with Crippen molar-refractivity contribution in [1.82, 2.24) is 0 Å². The molecule has 0 saturated carbocycles. The predicted molar refractivity (Wildman–Crippen MR) is 79.1 cm³/mol. The standard InChI is InChI=1S/C12H15BrN2O4S/c1-19-11-5-9(13)2-3-10(11)15-6-8(4-12(15)16)7-20(14,17)18/h2-3,5,8H,4,6-7H2,1H3,(H2,14,17,18). The van der Waals surface area contributed by atoms with Crippen molar-refractivity contribution in [2.45, 2.75) is 6.42 Å². The van der Waals surface area contributed by atoms with E-state index in [1.165, 1.54) is 7.11 Å². The highest BCUT2D eigenvalue weighted by atomic mass is 79.9. The number of nitrogens with two attached hydrogens (primary N) is 1. The maximum Gasteiger partial charge on any atom is 0.227 e. The fourth-order valence-corrected chi connectivity index (χ4v) is 3.55. The molecule has 0 bridgehead atoms. The number of carbonyl (C=O) groups is 1. The fourth-order valence-electron chi connectivity index (χ4n) is 2.33. The van der Waals surface area contributed by atoms with Crippen molar-refractivity contribution in [3.05, 3.63) is 22.7 Å². The zero-order valence-electron chi connectivity index (χ0n) is 10.9. The predicted octanol–water partition coefficient (Wildman–Crippen LogP) is 1.10. The normalized spacial score (nSPS) is 19.4. The van der Waals surface area contributed by atoms with Gasteiger partial charge in [-0.3, -0.25) is 4.79 Å². The third-order valence-electron chi connectivity index (χ3n) is 3.11. The Morgan fingerprint density at radius 2 is 2.20 bits per heavy atom. The number of ether oxygens (including phenoxy) is 1. The van der Waals surface area contributed by atoms with Gasteiger partial charge in [-0.2, -0.15) is 0 Å². The van der Waals surface area contributed by atoms with Crippen LogP contribution in [0.4, 0.5) is 5.69 Å². The molecule has 1 amide bonds. The van der Waals surface area contributed by atoms with Crippen LogP contribution in [-0.2, 0) is 14.8 Å². The van der Waals surface area contributed by atoms with Crippen LogP contribution in [0.15, 0.2) is 22.7 Å². The van der Waals surface area contributed by atoms with Gasteiger partial charge in [0.2, 0.25) is 15.9 Å². The Balaban J connectivity index is 2.24. The Labute approximate surface area is 126 Å². The second kappa shape index (κ2) is 5.71. The second-order valence-corrected chi connectivity index (χ2v) is 7.29. The molecule has 8 heteroatoms. The number of rotatable bonds is 4. The van der Waals surface area contributed by atoms with Gasteiger partial charge in [0.15, 0.2) is 0 Å². The zero-order valence-corrected chi connectivity index (χ0v) is 13.3.